The molecule has 1 amide bonds. The monoisotopic (exact) mass is 355 g/mol. The Balaban J connectivity index is 1.85. The lowest BCUT2D eigenvalue weighted by atomic mass is 10.2. The molecular formula is C13H17N5O3S2. The fourth-order valence-electron chi connectivity index (χ4n) is 1.71. The van der Waals surface area contributed by atoms with Crippen molar-refractivity contribution in [3.63, 3.8) is 0 Å². The molecule has 0 unspecified atom stereocenters. The van der Waals surface area contributed by atoms with Gasteiger partial charge in [-0.05, 0) is 13.0 Å². The number of nitrogens with zero attached hydrogens (tertiary/aromatic N) is 3. The molecule has 23 heavy (non-hydrogen) atoms. The number of aryl methyl sites for hydroxylation is 1. The first-order chi connectivity index (χ1) is 11.1. The third kappa shape index (κ3) is 5.34. The molecule has 8 nitrogen and oxygen atoms in total. The number of carbonyl (C=O) groups excluding carboxylic acids is 2. The smallest absolute Gasteiger partial charge is 0.305 e. The summed E-state index contributed by atoms with van der Waals surface area (Å²) in [5.74, 6) is -0.568. The maximum absolute atomic E-state index is 12.1. The molecule has 0 aliphatic heterocycles. The van der Waals surface area contributed by atoms with Gasteiger partial charge in [-0.3, -0.25) is 14.9 Å². The van der Waals surface area contributed by atoms with Crippen molar-refractivity contribution in [3.05, 3.63) is 21.1 Å². The Labute approximate surface area is 141 Å². The summed E-state index contributed by atoms with van der Waals surface area (Å²) >= 11 is 2.69. The van der Waals surface area contributed by atoms with Gasteiger partial charge in [-0.15, -0.1) is 21.5 Å². The van der Waals surface area contributed by atoms with Gasteiger partial charge in [-0.1, -0.05) is 11.3 Å². The van der Waals surface area contributed by atoms with E-state index >= 15 is 0 Å². The molecule has 0 radical (unpaired) electrons. The lowest BCUT2D eigenvalue weighted by Crippen LogP contribution is -2.12. The van der Waals surface area contributed by atoms with E-state index in [2.05, 4.69) is 25.2 Å². The molecule has 10 heteroatoms. The van der Waals surface area contributed by atoms with Crippen molar-refractivity contribution >= 4 is 39.7 Å². The third-order valence-electron chi connectivity index (χ3n) is 2.83. The van der Waals surface area contributed by atoms with Crippen LogP contribution in [0.25, 0.3) is 0 Å². The van der Waals surface area contributed by atoms with E-state index in [4.69, 9.17) is 5.73 Å². The van der Waals surface area contributed by atoms with Gasteiger partial charge in [0.05, 0.1) is 12.1 Å². The van der Waals surface area contributed by atoms with Crippen LogP contribution in [0.3, 0.4) is 0 Å². The van der Waals surface area contributed by atoms with Crippen LogP contribution in [0.5, 0.6) is 0 Å². The van der Waals surface area contributed by atoms with Crippen molar-refractivity contribution in [2.75, 3.05) is 19.0 Å². The van der Waals surface area contributed by atoms with Crippen molar-refractivity contribution in [3.8, 4) is 0 Å². The zero-order valence-electron chi connectivity index (χ0n) is 12.6. The van der Waals surface area contributed by atoms with Gasteiger partial charge in [0.15, 0.2) is 0 Å². The number of hydrogen-bond donors (Lipinski definition) is 2. The zero-order valence-corrected chi connectivity index (χ0v) is 14.2. The van der Waals surface area contributed by atoms with E-state index in [1.165, 1.54) is 29.8 Å². The standard InChI is InChI=1S/C13H17N5O3S2/c1-21-11(19)4-2-3-10-17-18-13(23-10)16-12(20)8-7-22-9(15-8)5-6-14/h7H,2-6,14H2,1H3,(H,16,18,20). The van der Waals surface area contributed by atoms with Crippen molar-refractivity contribution in [2.45, 2.75) is 25.7 Å². The van der Waals surface area contributed by atoms with Gasteiger partial charge in [0, 0.05) is 24.6 Å². The van der Waals surface area contributed by atoms with Crippen LogP contribution >= 0.6 is 22.7 Å². The van der Waals surface area contributed by atoms with Crippen LogP contribution in [0, 0.1) is 0 Å². The summed E-state index contributed by atoms with van der Waals surface area (Å²) < 4.78 is 4.57. The minimum absolute atomic E-state index is 0.250. The number of aromatic nitrogens is 3. The molecule has 2 rings (SSSR count). The summed E-state index contributed by atoms with van der Waals surface area (Å²) in [6.45, 7) is 0.500. The number of methoxy groups -OCH3 is 1. The first-order valence-corrected chi connectivity index (χ1v) is 8.67. The fourth-order valence-corrected chi connectivity index (χ4v) is 3.28. The molecule has 0 aliphatic rings. The number of anilines is 1. The average Bonchev–Trinajstić information content (AvgIpc) is 3.17. The molecular weight excluding hydrogens is 338 g/mol. The van der Waals surface area contributed by atoms with Gasteiger partial charge in [-0.25, -0.2) is 4.98 Å². The van der Waals surface area contributed by atoms with E-state index in [-0.39, 0.29) is 11.9 Å². The van der Waals surface area contributed by atoms with E-state index in [0.717, 1.165) is 10.0 Å². The Kier molecular flexibility index (Phi) is 6.56. The number of carbonyl (C=O) groups is 2. The molecule has 0 atom stereocenters. The molecule has 0 saturated carbocycles. The number of thiazole rings is 1. The minimum Gasteiger partial charge on any atom is -0.469 e. The van der Waals surface area contributed by atoms with E-state index in [9.17, 15) is 9.59 Å². The van der Waals surface area contributed by atoms with Crippen molar-refractivity contribution < 1.29 is 14.3 Å². The topological polar surface area (TPSA) is 120 Å². The molecule has 124 valence electrons. The van der Waals surface area contributed by atoms with Crippen LogP contribution in [-0.4, -0.2) is 40.7 Å². The van der Waals surface area contributed by atoms with Crippen molar-refractivity contribution in [1.82, 2.24) is 15.2 Å². The number of hydrogen-bond acceptors (Lipinski definition) is 9. The summed E-state index contributed by atoms with van der Waals surface area (Å²) in [6, 6.07) is 0. The van der Waals surface area contributed by atoms with Gasteiger partial charge < -0.3 is 10.5 Å². The van der Waals surface area contributed by atoms with Crippen LogP contribution in [0.4, 0.5) is 5.13 Å². The number of nitrogens with one attached hydrogen (secondary N) is 1. The fraction of sp³-hybridized carbons (Fsp3) is 0.462. The quantitative estimate of drug-likeness (QED) is 0.684. The Morgan fingerprint density at radius 3 is 2.87 bits per heavy atom. The molecule has 2 heterocycles. The van der Waals surface area contributed by atoms with Gasteiger partial charge in [0.1, 0.15) is 10.7 Å². The van der Waals surface area contributed by atoms with E-state index in [1.54, 1.807) is 5.38 Å². The number of esters is 1. The van der Waals surface area contributed by atoms with Crippen LogP contribution in [-0.2, 0) is 22.4 Å². The molecule has 2 aromatic rings. The summed E-state index contributed by atoms with van der Waals surface area (Å²) in [6.07, 6.45) is 2.23. The highest BCUT2D eigenvalue weighted by molar-refractivity contribution is 7.15. The SMILES string of the molecule is COC(=O)CCCc1nnc(NC(=O)c2csc(CCN)n2)s1. The molecule has 0 bridgehead atoms. The van der Waals surface area contributed by atoms with Crippen LogP contribution in [0.1, 0.15) is 33.3 Å². The number of ether oxygens (including phenoxy) is 1. The molecule has 2 aromatic heterocycles. The Morgan fingerprint density at radius 2 is 2.13 bits per heavy atom. The van der Waals surface area contributed by atoms with Crippen LogP contribution < -0.4 is 11.1 Å². The molecule has 0 aromatic carbocycles. The third-order valence-corrected chi connectivity index (χ3v) is 4.64. The second-order valence-electron chi connectivity index (χ2n) is 4.55. The maximum atomic E-state index is 12.1. The van der Waals surface area contributed by atoms with E-state index in [1.807, 2.05) is 0 Å². The summed E-state index contributed by atoms with van der Waals surface area (Å²) in [7, 11) is 1.36. The summed E-state index contributed by atoms with van der Waals surface area (Å²) in [4.78, 5) is 27.3. The second kappa shape index (κ2) is 8.65. The molecule has 3 N–H and O–H groups in total. The predicted molar refractivity (Wildman–Crippen MR) is 87.7 cm³/mol. The first-order valence-electron chi connectivity index (χ1n) is 6.97. The van der Waals surface area contributed by atoms with E-state index < -0.39 is 0 Å². The van der Waals surface area contributed by atoms with Crippen molar-refractivity contribution in [2.24, 2.45) is 5.73 Å². The van der Waals surface area contributed by atoms with Gasteiger partial charge >= 0.3 is 5.97 Å². The Hall–Kier alpha value is -1.91. The lowest BCUT2D eigenvalue weighted by molar-refractivity contribution is -0.140. The average molecular weight is 355 g/mol. The summed E-state index contributed by atoms with van der Waals surface area (Å²) in [5, 5.41) is 14.3. The highest BCUT2D eigenvalue weighted by Gasteiger charge is 2.13. The normalized spacial score (nSPS) is 10.5. The highest BCUT2D eigenvalue weighted by Crippen LogP contribution is 2.19. The van der Waals surface area contributed by atoms with Gasteiger partial charge in [-0.2, -0.15) is 0 Å². The molecule has 0 fully saturated rings. The number of rotatable bonds is 8. The van der Waals surface area contributed by atoms with Gasteiger partial charge in [0.2, 0.25) is 5.13 Å². The minimum atomic E-state index is -0.318. The maximum Gasteiger partial charge on any atom is 0.305 e. The van der Waals surface area contributed by atoms with Crippen LogP contribution in [0.2, 0.25) is 0 Å². The molecule has 0 spiro atoms. The predicted octanol–water partition coefficient (Wildman–Crippen LogP) is 1.24. The summed E-state index contributed by atoms with van der Waals surface area (Å²) in [5.41, 5.74) is 5.81. The molecule has 0 aliphatic carbocycles. The second-order valence-corrected chi connectivity index (χ2v) is 6.55. The first kappa shape index (κ1) is 17.4. The Morgan fingerprint density at radius 1 is 1.30 bits per heavy atom. The van der Waals surface area contributed by atoms with Crippen molar-refractivity contribution in [1.29, 1.82) is 0 Å². The van der Waals surface area contributed by atoms with Crippen LogP contribution in [0.15, 0.2) is 5.38 Å². The molecule has 0 saturated heterocycles. The largest absolute Gasteiger partial charge is 0.469 e. The number of nitrogens with two attached hydrogens (primary N) is 1. The zero-order chi connectivity index (χ0) is 16.7. The Bertz CT molecular complexity index is 670. The highest BCUT2D eigenvalue weighted by atomic mass is 32.1. The van der Waals surface area contributed by atoms with Gasteiger partial charge in [0.25, 0.3) is 5.91 Å². The lowest BCUT2D eigenvalue weighted by Gasteiger charge is -1.97. The number of amides is 1. The van der Waals surface area contributed by atoms with E-state index in [0.29, 0.717) is 43.1 Å².